The molecule has 0 spiro atoms. The van der Waals surface area contributed by atoms with Gasteiger partial charge in [0, 0.05) is 62.6 Å². The molecule has 6 heteroatoms. The molecule has 4 rings (SSSR count). The second kappa shape index (κ2) is 8.00. The molecular weight excluding hydrogens is 340 g/mol. The summed E-state index contributed by atoms with van der Waals surface area (Å²) >= 11 is 0. The molecule has 0 radical (unpaired) electrons. The van der Waals surface area contributed by atoms with Crippen LogP contribution in [0.25, 0.3) is 10.9 Å². The highest BCUT2D eigenvalue weighted by atomic mass is 16.5. The van der Waals surface area contributed by atoms with Crippen LogP contribution in [0, 0.1) is 0 Å². The summed E-state index contributed by atoms with van der Waals surface area (Å²) in [6.07, 6.45) is 1.91. The van der Waals surface area contributed by atoms with Crippen LogP contribution in [-0.4, -0.2) is 90.2 Å². The van der Waals surface area contributed by atoms with Gasteiger partial charge in [0.1, 0.15) is 0 Å². The maximum atomic E-state index is 13.2. The van der Waals surface area contributed by atoms with Gasteiger partial charge in [-0.25, -0.2) is 0 Å². The van der Waals surface area contributed by atoms with Gasteiger partial charge in [-0.05, 0) is 37.4 Å². The molecule has 2 saturated heterocycles. The average Bonchev–Trinajstić information content (AvgIpc) is 3.16. The highest BCUT2D eigenvalue weighted by Gasteiger charge is 2.31. The maximum Gasteiger partial charge on any atom is 0.254 e. The Balaban J connectivity index is 1.43. The summed E-state index contributed by atoms with van der Waals surface area (Å²) in [4.78, 5) is 23.4. The number of aromatic amines is 1. The summed E-state index contributed by atoms with van der Waals surface area (Å²) in [6, 6.07) is 8.66. The van der Waals surface area contributed by atoms with Gasteiger partial charge in [0.15, 0.2) is 0 Å². The zero-order chi connectivity index (χ0) is 18.8. The van der Waals surface area contributed by atoms with Gasteiger partial charge >= 0.3 is 0 Å². The molecule has 2 aromatic rings. The lowest BCUT2D eigenvalue weighted by molar-refractivity contribution is -0.0175. The van der Waals surface area contributed by atoms with E-state index in [9.17, 15) is 4.79 Å². The van der Waals surface area contributed by atoms with Crippen molar-refractivity contribution in [2.45, 2.75) is 25.9 Å². The minimum atomic E-state index is 0.112. The van der Waals surface area contributed by atoms with Crippen LogP contribution in [0.4, 0.5) is 0 Å². The van der Waals surface area contributed by atoms with E-state index in [4.69, 9.17) is 4.74 Å². The first-order valence-corrected chi connectivity index (χ1v) is 10.0. The first-order valence-electron chi connectivity index (χ1n) is 10.0. The summed E-state index contributed by atoms with van der Waals surface area (Å²) in [6.45, 7) is 11.6. The molecule has 2 aliphatic rings. The Morgan fingerprint density at radius 1 is 1.19 bits per heavy atom. The van der Waals surface area contributed by atoms with E-state index >= 15 is 0 Å². The minimum Gasteiger partial charge on any atom is -0.377 e. The Kier molecular flexibility index (Phi) is 5.48. The van der Waals surface area contributed by atoms with Crippen molar-refractivity contribution >= 4 is 16.8 Å². The number of nitrogens with zero attached hydrogens (tertiary/aromatic N) is 3. The van der Waals surface area contributed by atoms with Crippen LogP contribution in [0.2, 0.25) is 0 Å². The van der Waals surface area contributed by atoms with Crippen molar-refractivity contribution in [2.75, 3.05) is 52.5 Å². The summed E-state index contributed by atoms with van der Waals surface area (Å²) < 4.78 is 5.72. The standard InChI is InChI=1S/C21H30N4O2/c1-16(2)24-9-7-23(8-10-24)14-19-15-27-12-11-25(19)21(26)18-4-3-17-5-6-22-20(17)13-18/h3-6,13,16,19,22H,7-12,14-15H2,1-2H3. The van der Waals surface area contributed by atoms with Gasteiger partial charge in [0.25, 0.3) is 5.91 Å². The Morgan fingerprint density at radius 3 is 2.78 bits per heavy atom. The van der Waals surface area contributed by atoms with E-state index in [1.54, 1.807) is 0 Å². The Bertz CT molecular complexity index is 779. The first-order chi connectivity index (χ1) is 13.1. The van der Waals surface area contributed by atoms with Crippen molar-refractivity contribution in [1.82, 2.24) is 19.7 Å². The van der Waals surface area contributed by atoms with E-state index in [1.165, 1.54) is 0 Å². The normalized spacial score (nSPS) is 22.6. The lowest BCUT2D eigenvalue weighted by Gasteiger charge is -2.42. The number of rotatable bonds is 4. The number of carbonyl (C=O) groups is 1. The van der Waals surface area contributed by atoms with Crippen LogP contribution in [0.3, 0.4) is 0 Å². The van der Waals surface area contributed by atoms with E-state index in [0.717, 1.165) is 49.2 Å². The monoisotopic (exact) mass is 370 g/mol. The lowest BCUT2D eigenvalue weighted by Crippen LogP contribution is -2.57. The molecule has 1 unspecified atom stereocenters. The molecule has 0 saturated carbocycles. The summed E-state index contributed by atoms with van der Waals surface area (Å²) in [5.74, 6) is 0.112. The smallest absolute Gasteiger partial charge is 0.254 e. The number of amides is 1. The minimum absolute atomic E-state index is 0.112. The topological polar surface area (TPSA) is 51.8 Å². The number of nitrogens with one attached hydrogen (secondary N) is 1. The Hall–Kier alpha value is -1.89. The molecule has 0 bridgehead atoms. The van der Waals surface area contributed by atoms with Crippen molar-refractivity contribution in [2.24, 2.45) is 0 Å². The zero-order valence-corrected chi connectivity index (χ0v) is 16.4. The summed E-state index contributed by atoms with van der Waals surface area (Å²) in [5.41, 5.74) is 1.76. The van der Waals surface area contributed by atoms with Gasteiger partial charge in [0.05, 0.1) is 19.3 Å². The number of ether oxygens (including phenoxy) is 1. The number of H-pyrrole nitrogens is 1. The van der Waals surface area contributed by atoms with Gasteiger partial charge in [-0.3, -0.25) is 14.6 Å². The van der Waals surface area contributed by atoms with Crippen molar-refractivity contribution in [3.8, 4) is 0 Å². The molecule has 27 heavy (non-hydrogen) atoms. The molecule has 0 aliphatic carbocycles. The van der Waals surface area contributed by atoms with Crippen molar-refractivity contribution in [1.29, 1.82) is 0 Å². The van der Waals surface area contributed by atoms with E-state index < -0.39 is 0 Å². The fourth-order valence-electron chi connectivity index (χ4n) is 4.18. The van der Waals surface area contributed by atoms with Crippen LogP contribution < -0.4 is 0 Å². The third kappa shape index (κ3) is 4.03. The molecule has 1 aromatic heterocycles. The van der Waals surface area contributed by atoms with E-state index in [2.05, 4.69) is 28.6 Å². The fourth-order valence-corrected chi connectivity index (χ4v) is 4.18. The molecule has 1 aromatic carbocycles. The van der Waals surface area contributed by atoms with Crippen molar-refractivity contribution in [3.05, 3.63) is 36.0 Å². The predicted octanol–water partition coefficient (Wildman–Crippen LogP) is 2.03. The van der Waals surface area contributed by atoms with Crippen molar-refractivity contribution < 1.29 is 9.53 Å². The zero-order valence-electron chi connectivity index (χ0n) is 16.4. The molecule has 3 heterocycles. The quantitative estimate of drug-likeness (QED) is 0.895. The maximum absolute atomic E-state index is 13.2. The van der Waals surface area contributed by atoms with Crippen LogP contribution in [-0.2, 0) is 4.74 Å². The van der Waals surface area contributed by atoms with Crippen molar-refractivity contribution in [3.63, 3.8) is 0 Å². The molecule has 2 aliphatic heterocycles. The Labute approximate surface area is 161 Å². The molecule has 6 nitrogen and oxygen atoms in total. The highest BCUT2D eigenvalue weighted by Crippen LogP contribution is 2.19. The SMILES string of the molecule is CC(C)N1CCN(CC2COCCN2C(=O)c2ccc3cc[nH]c3c2)CC1. The number of fused-ring (bicyclic) bond motifs is 1. The van der Waals surface area contributed by atoms with Crippen LogP contribution in [0.1, 0.15) is 24.2 Å². The molecule has 146 valence electrons. The number of hydrogen-bond acceptors (Lipinski definition) is 4. The van der Waals surface area contributed by atoms with Gasteiger partial charge < -0.3 is 14.6 Å². The molecule has 1 amide bonds. The van der Waals surface area contributed by atoms with Crippen LogP contribution in [0.5, 0.6) is 0 Å². The third-order valence-electron chi connectivity index (χ3n) is 5.90. The first kappa shape index (κ1) is 18.5. The molecule has 1 N–H and O–H groups in total. The summed E-state index contributed by atoms with van der Waals surface area (Å²) in [7, 11) is 0. The van der Waals surface area contributed by atoms with Crippen LogP contribution in [0.15, 0.2) is 30.5 Å². The van der Waals surface area contributed by atoms with E-state index in [-0.39, 0.29) is 11.9 Å². The largest absolute Gasteiger partial charge is 0.377 e. The highest BCUT2D eigenvalue weighted by molar-refractivity contribution is 5.98. The molecule has 2 fully saturated rings. The third-order valence-corrected chi connectivity index (χ3v) is 5.90. The van der Waals surface area contributed by atoms with E-state index in [0.29, 0.717) is 25.8 Å². The Morgan fingerprint density at radius 2 is 2.00 bits per heavy atom. The number of benzene rings is 1. The average molecular weight is 370 g/mol. The molecular formula is C21H30N4O2. The van der Waals surface area contributed by atoms with Gasteiger partial charge in [0.2, 0.25) is 0 Å². The number of aromatic nitrogens is 1. The molecule has 1 atom stereocenters. The number of carbonyl (C=O) groups excluding carboxylic acids is 1. The fraction of sp³-hybridized carbons (Fsp3) is 0.571. The number of hydrogen-bond donors (Lipinski definition) is 1. The van der Waals surface area contributed by atoms with Crippen LogP contribution >= 0.6 is 0 Å². The number of morpholine rings is 1. The second-order valence-corrected chi connectivity index (χ2v) is 7.94. The van der Waals surface area contributed by atoms with Gasteiger partial charge in [-0.2, -0.15) is 0 Å². The number of piperazine rings is 1. The van der Waals surface area contributed by atoms with E-state index in [1.807, 2.05) is 35.4 Å². The van der Waals surface area contributed by atoms with Gasteiger partial charge in [-0.1, -0.05) is 6.07 Å². The summed E-state index contributed by atoms with van der Waals surface area (Å²) in [5, 5.41) is 1.13. The van der Waals surface area contributed by atoms with Gasteiger partial charge in [-0.15, -0.1) is 0 Å². The lowest BCUT2D eigenvalue weighted by atomic mass is 10.1. The second-order valence-electron chi connectivity index (χ2n) is 7.94. The predicted molar refractivity (Wildman–Crippen MR) is 107 cm³/mol.